The van der Waals surface area contributed by atoms with Gasteiger partial charge in [0.2, 0.25) is 0 Å². The summed E-state index contributed by atoms with van der Waals surface area (Å²) >= 11 is 0. The lowest BCUT2D eigenvalue weighted by Gasteiger charge is -2.40. The van der Waals surface area contributed by atoms with Gasteiger partial charge in [-0.15, -0.1) is 0 Å². The standard InChI is InChI=1S/C13H17NO2/c1-14-5-4-9-8-16-13-3-2-10(15)6-11(13)12(9)7-14/h2-3,6,9,12,15H,4-5,7-8H2,1H3/t9-,12-/m0/s1. The van der Waals surface area contributed by atoms with Crippen LogP contribution in [0.4, 0.5) is 0 Å². The quantitative estimate of drug-likeness (QED) is 0.722. The summed E-state index contributed by atoms with van der Waals surface area (Å²) < 4.78 is 5.75. The van der Waals surface area contributed by atoms with Crippen LogP contribution in [-0.2, 0) is 0 Å². The van der Waals surface area contributed by atoms with Crippen LogP contribution in [-0.4, -0.2) is 36.8 Å². The Morgan fingerprint density at radius 2 is 2.31 bits per heavy atom. The van der Waals surface area contributed by atoms with Gasteiger partial charge >= 0.3 is 0 Å². The predicted octanol–water partition coefficient (Wildman–Crippen LogP) is 1.82. The van der Waals surface area contributed by atoms with Crippen molar-refractivity contribution in [2.24, 2.45) is 5.92 Å². The fourth-order valence-electron chi connectivity index (χ4n) is 2.87. The van der Waals surface area contributed by atoms with E-state index in [1.54, 1.807) is 6.07 Å². The largest absolute Gasteiger partial charge is 0.508 e. The van der Waals surface area contributed by atoms with E-state index in [-0.39, 0.29) is 0 Å². The molecule has 1 fully saturated rings. The molecule has 0 spiro atoms. The van der Waals surface area contributed by atoms with Gasteiger partial charge in [0.25, 0.3) is 0 Å². The van der Waals surface area contributed by atoms with E-state index in [0.717, 1.165) is 25.4 Å². The van der Waals surface area contributed by atoms with Crippen LogP contribution in [0.15, 0.2) is 18.2 Å². The van der Waals surface area contributed by atoms with Crippen LogP contribution in [0, 0.1) is 5.92 Å². The van der Waals surface area contributed by atoms with Gasteiger partial charge in [-0.3, -0.25) is 0 Å². The summed E-state index contributed by atoms with van der Waals surface area (Å²) in [4.78, 5) is 2.36. The smallest absolute Gasteiger partial charge is 0.123 e. The molecule has 0 aromatic heterocycles. The summed E-state index contributed by atoms with van der Waals surface area (Å²) in [6.45, 7) is 3.05. The number of rotatable bonds is 0. The van der Waals surface area contributed by atoms with Gasteiger partial charge in [-0.25, -0.2) is 0 Å². The highest BCUT2D eigenvalue weighted by molar-refractivity contribution is 5.44. The first-order valence-electron chi connectivity index (χ1n) is 5.88. The summed E-state index contributed by atoms with van der Waals surface area (Å²) in [5, 5.41) is 9.58. The maximum absolute atomic E-state index is 9.58. The first-order valence-corrected chi connectivity index (χ1v) is 5.88. The van der Waals surface area contributed by atoms with Gasteiger partial charge in [-0.2, -0.15) is 0 Å². The molecule has 0 saturated carbocycles. The average Bonchev–Trinajstić information content (AvgIpc) is 2.29. The van der Waals surface area contributed by atoms with Crippen LogP contribution in [0.3, 0.4) is 0 Å². The van der Waals surface area contributed by atoms with E-state index < -0.39 is 0 Å². The van der Waals surface area contributed by atoms with Crippen LogP contribution in [0.25, 0.3) is 0 Å². The second-order valence-electron chi connectivity index (χ2n) is 4.95. The van der Waals surface area contributed by atoms with Gasteiger partial charge in [-0.05, 0) is 38.2 Å². The van der Waals surface area contributed by atoms with Gasteiger partial charge in [0.1, 0.15) is 11.5 Å². The number of phenolic OH excluding ortho intramolecular Hbond substituents is 1. The van der Waals surface area contributed by atoms with Crippen molar-refractivity contribution in [3.63, 3.8) is 0 Å². The Morgan fingerprint density at radius 1 is 1.44 bits per heavy atom. The lowest BCUT2D eigenvalue weighted by Crippen LogP contribution is -2.41. The molecule has 1 N–H and O–H groups in total. The summed E-state index contributed by atoms with van der Waals surface area (Å²) in [5.41, 5.74) is 1.18. The fourth-order valence-corrected chi connectivity index (χ4v) is 2.87. The van der Waals surface area contributed by atoms with E-state index in [4.69, 9.17) is 4.74 Å². The molecule has 2 aliphatic heterocycles. The number of fused-ring (bicyclic) bond motifs is 3. The second kappa shape index (κ2) is 3.67. The molecular weight excluding hydrogens is 202 g/mol. The minimum atomic E-state index is 0.344. The fraction of sp³-hybridized carbons (Fsp3) is 0.538. The van der Waals surface area contributed by atoms with Crippen molar-refractivity contribution >= 4 is 0 Å². The van der Waals surface area contributed by atoms with Crippen LogP contribution in [0.2, 0.25) is 0 Å². The normalized spacial score (nSPS) is 29.1. The Balaban J connectivity index is 1.99. The average molecular weight is 219 g/mol. The minimum absolute atomic E-state index is 0.344. The monoisotopic (exact) mass is 219 g/mol. The molecule has 1 saturated heterocycles. The Bertz CT molecular complexity index is 405. The molecule has 86 valence electrons. The first-order chi connectivity index (χ1) is 7.74. The molecule has 2 aliphatic rings. The molecule has 2 heterocycles. The molecule has 3 nitrogen and oxygen atoms in total. The molecule has 2 atom stereocenters. The third-order valence-corrected chi connectivity index (χ3v) is 3.80. The van der Waals surface area contributed by atoms with Crippen LogP contribution >= 0.6 is 0 Å². The number of benzene rings is 1. The number of hydrogen-bond donors (Lipinski definition) is 1. The number of nitrogens with zero attached hydrogens (tertiary/aromatic N) is 1. The van der Waals surface area contributed by atoms with Crippen molar-refractivity contribution in [2.75, 3.05) is 26.7 Å². The zero-order chi connectivity index (χ0) is 11.1. The molecule has 16 heavy (non-hydrogen) atoms. The van der Waals surface area contributed by atoms with Crippen molar-refractivity contribution < 1.29 is 9.84 Å². The Labute approximate surface area is 95.6 Å². The van der Waals surface area contributed by atoms with Crippen molar-refractivity contribution in [1.82, 2.24) is 4.90 Å². The highest BCUT2D eigenvalue weighted by atomic mass is 16.5. The minimum Gasteiger partial charge on any atom is -0.508 e. The van der Waals surface area contributed by atoms with Gasteiger partial charge in [0, 0.05) is 23.9 Å². The van der Waals surface area contributed by atoms with Crippen molar-refractivity contribution in [3.05, 3.63) is 23.8 Å². The number of phenols is 1. The number of likely N-dealkylation sites (N-methyl/N-ethyl adjacent to an activating group) is 1. The number of likely N-dealkylation sites (tertiary alicyclic amines) is 1. The number of aromatic hydroxyl groups is 1. The number of piperidine rings is 1. The van der Waals surface area contributed by atoms with Crippen molar-refractivity contribution in [2.45, 2.75) is 12.3 Å². The lowest BCUT2D eigenvalue weighted by atomic mass is 9.79. The van der Waals surface area contributed by atoms with E-state index in [1.165, 1.54) is 12.0 Å². The van der Waals surface area contributed by atoms with Gasteiger partial charge in [0.15, 0.2) is 0 Å². The summed E-state index contributed by atoms with van der Waals surface area (Å²) in [6.07, 6.45) is 1.19. The molecular formula is C13H17NO2. The SMILES string of the molecule is CN1CC[C@H]2COc3ccc(O)cc3[C@H]2C1. The maximum atomic E-state index is 9.58. The summed E-state index contributed by atoms with van der Waals surface area (Å²) in [7, 11) is 2.16. The molecule has 3 heteroatoms. The summed E-state index contributed by atoms with van der Waals surface area (Å²) in [6, 6.07) is 5.45. The van der Waals surface area contributed by atoms with Gasteiger partial charge in [0.05, 0.1) is 6.61 Å². The Kier molecular flexibility index (Phi) is 2.28. The highest BCUT2D eigenvalue weighted by Gasteiger charge is 2.34. The topological polar surface area (TPSA) is 32.7 Å². The molecule has 0 radical (unpaired) electrons. The van der Waals surface area contributed by atoms with Crippen molar-refractivity contribution in [3.8, 4) is 11.5 Å². The number of ether oxygens (including phenoxy) is 1. The van der Waals surface area contributed by atoms with Crippen LogP contribution < -0.4 is 4.74 Å². The summed E-state index contributed by atoms with van der Waals surface area (Å²) in [5.74, 6) is 2.44. The molecule has 1 aromatic rings. The molecule has 3 rings (SSSR count). The predicted molar refractivity (Wildman–Crippen MR) is 61.9 cm³/mol. The molecule has 0 bridgehead atoms. The van der Waals surface area contributed by atoms with E-state index in [1.807, 2.05) is 12.1 Å². The van der Waals surface area contributed by atoms with Gasteiger partial charge < -0.3 is 14.7 Å². The van der Waals surface area contributed by atoms with Gasteiger partial charge in [-0.1, -0.05) is 0 Å². The van der Waals surface area contributed by atoms with E-state index in [2.05, 4.69) is 11.9 Å². The Morgan fingerprint density at radius 3 is 3.19 bits per heavy atom. The number of hydrogen-bond acceptors (Lipinski definition) is 3. The van der Waals surface area contributed by atoms with Crippen LogP contribution in [0.5, 0.6) is 11.5 Å². The molecule has 0 aliphatic carbocycles. The van der Waals surface area contributed by atoms with E-state index in [9.17, 15) is 5.11 Å². The molecule has 1 aromatic carbocycles. The highest BCUT2D eigenvalue weighted by Crippen LogP contribution is 2.42. The van der Waals surface area contributed by atoms with Crippen molar-refractivity contribution in [1.29, 1.82) is 0 Å². The Hall–Kier alpha value is -1.22. The lowest BCUT2D eigenvalue weighted by molar-refractivity contribution is 0.114. The first kappa shape index (κ1) is 9.97. The third kappa shape index (κ3) is 1.55. The van der Waals surface area contributed by atoms with E-state index >= 15 is 0 Å². The van der Waals surface area contributed by atoms with Crippen LogP contribution in [0.1, 0.15) is 17.9 Å². The maximum Gasteiger partial charge on any atom is 0.123 e. The zero-order valence-electron chi connectivity index (χ0n) is 9.52. The third-order valence-electron chi connectivity index (χ3n) is 3.80. The second-order valence-corrected chi connectivity index (χ2v) is 4.95. The molecule has 0 unspecified atom stereocenters. The molecule has 0 amide bonds. The zero-order valence-corrected chi connectivity index (χ0v) is 9.52. The van der Waals surface area contributed by atoms with E-state index in [0.29, 0.717) is 17.6 Å².